The van der Waals surface area contributed by atoms with Gasteiger partial charge in [-0.3, -0.25) is 4.98 Å². The number of rotatable bonds is 6. The summed E-state index contributed by atoms with van der Waals surface area (Å²) in [6.45, 7) is 0.415. The average Bonchev–Trinajstić information content (AvgIpc) is 3.34. The summed E-state index contributed by atoms with van der Waals surface area (Å²) in [7, 11) is 0. The van der Waals surface area contributed by atoms with E-state index in [1.807, 2.05) is 66.7 Å². The molecule has 0 aliphatic carbocycles. The predicted molar refractivity (Wildman–Crippen MR) is 119 cm³/mol. The van der Waals surface area contributed by atoms with Gasteiger partial charge in [0.15, 0.2) is 0 Å². The number of halogens is 1. The first-order chi connectivity index (χ1) is 15.8. The van der Waals surface area contributed by atoms with Crippen molar-refractivity contribution in [2.45, 2.75) is 6.61 Å². The van der Waals surface area contributed by atoms with Gasteiger partial charge in [0, 0.05) is 17.8 Å². The lowest BCUT2D eigenvalue weighted by Crippen LogP contribution is -2.01. The lowest BCUT2D eigenvalue weighted by Gasteiger charge is -2.13. The Labute approximate surface area is 184 Å². The van der Waals surface area contributed by atoms with E-state index >= 15 is 0 Å². The molecule has 6 nitrogen and oxygen atoms in total. The van der Waals surface area contributed by atoms with Crippen molar-refractivity contribution in [1.82, 2.24) is 25.2 Å². The number of tetrazole rings is 1. The van der Waals surface area contributed by atoms with Crippen LogP contribution in [0.1, 0.15) is 5.56 Å². The number of para-hydroxylation sites is 1. The molecule has 0 saturated carbocycles. The molecule has 0 saturated heterocycles. The SMILES string of the molecule is Fc1cc(-c2ccccc2OCc2ccccc2)cc(-n2nnc(-c3ccccn3)n2)c1. The highest BCUT2D eigenvalue weighted by molar-refractivity contribution is 5.72. The molecule has 0 N–H and O–H groups in total. The minimum absolute atomic E-state index is 0.364. The van der Waals surface area contributed by atoms with E-state index in [0.717, 1.165) is 11.1 Å². The fourth-order valence-corrected chi connectivity index (χ4v) is 3.33. The molecule has 0 fully saturated rings. The van der Waals surface area contributed by atoms with Gasteiger partial charge in [-0.05, 0) is 46.7 Å². The number of hydrogen-bond donors (Lipinski definition) is 0. The average molecular weight is 423 g/mol. The molecule has 0 atom stereocenters. The van der Waals surface area contributed by atoms with Gasteiger partial charge in [-0.25, -0.2) is 4.39 Å². The number of aromatic nitrogens is 5. The molecule has 0 spiro atoms. The van der Waals surface area contributed by atoms with Crippen molar-refractivity contribution in [3.63, 3.8) is 0 Å². The molecule has 0 aliphatic rings. The van der Waals surface area contributed by atoms with Crippen molar-refractivity contribution in [3.05, 3.63) is 109 Å². The number of pyridine rings is 1. The third-order valence-electron chi connectivity index (χ3n) is 4.86. The van der Waals surface area contributed by atoms with E-state index in [1.165, 1.54) is 16.9 Å². The molecule has 0 bridgehead atoms. The van der Waals surface area contributed by atoms with E-state index in [9.17, 15) is 4.39 Å². The summed E-state index contributed by atoms with van der Waals surface area (Å²) < 4.78 is 20.6. The van der Waals surface area contributed by atoms with E-state index in [1.54, 1.807) is 18.3 Å². The van der Waals surface area contributed by atoms with Crippen LogP contribution in [0.4, 0.5) is 4.39 Å². The van der Waals surface area contributed by atoms with Crippen LogP contribution in [0.15, 0.2) is 97.2 Å². The highest BCUT2D eigenvalue weighted by atomic mass is 19.1. The third kappa shape index (κ3) is 4.22. The Hall–Kier alpha value is -4.39. The van der Waals surface area contributed by atoms with Gasteiger partial charge in [-0.15, -0.1) is 15.0 Å². The van der Waals surface area contributed by atoms with Gasteiger partial charge >= 0.3 is 0 Å². The van der Waals surface area contributed by atoms with Crippen molar-refractivity contribution in [1.29, 1.82) is 0 Å². The van der Waals surface area contributed by atoms with Crippen molar-refractivity contribution in [3.8, 4) is 34.1 Å². The second kappa shape index (κ2) is 8.77. The van der Waals surface area contributed by atoms with E-state index < -0.39 is 5.82 Å². The molecule has 5 aromatic rings. The number of nitrogens with zero attached hydrogens (tertiary/aromatic N) is 5. The second-order valence-corrected chi connectivity index (χ2v) is 7.09. The van der Waals surface area contributed by atoms with Crippen LogP contribution in [0.2, 0.25) is 0 Å². The summed E-state index contributed by atoms with van der Waals surface area (Å²) in [6.07, 6.45) is 1.66. The highest BCUT2D eigenvalue weighted by Gasteiger charge is 2.13. The summed E-state index contributed by atoms with van der Waals surface area (Å²) in [4.78, 5) is 5.52. The van der Waals surface area contributed by atoms with Gasteiger partial charge in [0.25, 0.3) is 0 Å². The molecule has 0 amide bonds. The first kappa shape index (κ1) is 19.6. The molecule has 7 heteroatoms. The molecule has 32 heavy (non-hydrogen) atoms. The van der Waals surface area contributed by atoms with Crippen molar-refractivity contribution in [2.24, 2.45) is 0 Å². The molecule has 0 unspecified atom stereocenters. The molecular formula is C25H18FN5O. The van der Waals surface area contributed by atoms with Crippen LogP contribution >= 0.6 is 0 Å². The molecule has 3 aromatic carbocycles. The fourth-order valence-electron chi connectivity index (χ4n) is 3.33. The lowest BCUT2D eigenvalue weighted by atomic mass is 10.0. The standard InChI is InChI=1S/C25H18FN5O/c26-20-14-19(22-10-4-5-12-24(22)32-17-18-8-2-1-3-9-18)15-21(16-20)31-29-25(28-30-31)23-11-6-7-13-27-23/h1-16H,17H2. The van der Waals surface area contributed by atoms with Crippen molar-refractivity contribution < 1.29 is 9.13 Å². The Morgan fingerprint density at radius 1 is 0.844 bits per heavy atom. The highest BCUT2D eigenvalue weighted by Crippen LogP contribution is 2.32. The third-order valence-corrected chi connectivity index (χ3v) is 4.86. The fraction of sp³-hybridized carbons (Fsp3) is 0.0400. The van der Waals surface area contributed by atoms with Gasteiger partial charge in [0.1, 0.15) is 23.9 Å². The maximum atomic E-state index is 14.6. The number of hydrogen-bond acceptors (Lipinski definition) is 5. The zero-order valence-electron chi connectivity index (χ0n) is 17.0. The van der Waals surface area contributed by atoms with Gasteiger partial charge in [-0.1, -0.05) is 54.6 Å². The number of benzene rings is 3. The zero-order valence-corrected chi connectivity index (χ0v) is 17.0. The normalized spacial score (nSPS) is 10.8. The molecule has 5 rings (SSSR count). The molecule has 2 heterocycles. The van der Waals surface area contributed by atoms with Gasteiger partial charge in [0.05, 0.1) is 5.69 Å². The van der Waals surface area contributed by atoms with E-state index in [4.69, 9.17) is 4.74 Å². The zero-order chi connectivity index (χ0) is 21.8. The Morgan fingerprint density at radius 3 is 2.50 bits per heavy atom. The smallest absolute Gasteiger partial charge is 0.223 e. The van der Waals surface area contributed by atoms with Crippen LogP contribution in [-0.4, -0.2) is 25.2 Å². The second-order valence-electron chi connectivity index (χ2n) is 7.09. The summed E-state index contributed by atoms with van der Waals surface area (Å²) in [5.41, 5.74) is 3.52. The Bertz CT molecular complexity index is 1340. The number of ether oxygens (including phenoxy) is 1. The van der Waals surface area contributed by atoms with Gasteiger partial charge < -0.3 is 4.74 Å². The Balaban J connectivity index is 1.47. The quantitative estimate of drug-likeness (QED) is 0.380. The van der Waals surface area contributed by atoms with E-state index in [-0.39, 0.29) is 0 Å². The van der Waals surface area contributed by atoms with Gasteiger partial charge in [0.2, 0.25) is 5.82 Å². The summed E-state index contributed by atoms with van der Waals surface area (Å²) in [5.74, 6) is 0.615. The summed E-state index contributed by atoms with van der Waals surface area (Å²) >= 11 is 0. The van der Waals surface area contributed by atoms with Gasteiger partial charge in [-0.2, -0.15) is 0 Å². The lowest BCUT2D eigenvalue weighted by molar-refractivity contribution is 0.307. The maximum absolute atomic E-state index is 14.6. The minimum atomic E-state index is -0.410. The van der Waals surface area contributed by atoms with Crippen LogP contribution < -0.4 is 4.74 Å². The molecular weight excluding hydrogens is 405 g/mol. The van der Waals surface area contributed by atoms with E-state index in [2.05, 4.69) is 20.4 Å². The summed E-state index contributed by atoms with van der Waals surface area (Å²) in [5, 5.41) is 12.5. The molecule has 0 radical (unpaired) electrons. The van der Waals surface area contributed by atoms with Crippen LogP contribution in [0, 0.1) is 5.82 Å². The van der Waals surface area contributed by atoms with Crippen molar-refractivity contribution in [2.75, 3.05) is 0 Å². The Kier molecular flexibility index (Phi) is 5.36. The molecule has 2 aromatic heterocycles. The maximum Gasteiger partial charge on any atom is 0.223 e. The predicted octanol–water partition coefficient (Wildman–Crippen LogP) is 5.11. The first-order valence-electron chi connectivity index (χ1n) is 10.0. The molecule has 156 valence electrons. The van der Waals surface area contributed by atoms with E-state index in [0.29, 0.717) is 35.1 Å². The van der Waals surface area contributed by atoms with Crippen LogP contribution in [0.5, 0.6) is 5.75 Å². The van der Waals surface area contributed by atoms with Crippen molar-refractivity contribution >= 4 is 0 Å². The Morgan fingerprint density at radius 2 is 1.66 bits per heavy atom. The minimum Gasteiger partial charge on any atom is -0.488 e. The summed E-state index contributed by atoms with van der Waals surface area (Å²) in [6, 6.07) is 27.5. The van der Waals surface area contributed by atoms with Crippen LogP contribution in [0.3, 0.4) is 0 Å². The topological polar surface area (TPSA) is 65.7 Å². The van der Waals surface area contributed by atoms with Crippen LogP contribution in [0.25, 0.3) is 28.3 Å². The largest absolute Gasteiger partial charge is 0.488 e. The van der Waals surface area contributed by atoms with Crippen LogP contribution in [-0.2, 0) is 6.61 Å². The monoisotopic (exact) mass is 423 g/mol. The molecule has 0 aliphatic heterocycles. The first-order valence-corrected chi connectivity index (χ1v) is 10.0.